The maximum Gasteiger partial charge on any atom is 0.310 e. The molecular formula is C13H23NO4. The lowest BCUT2D eigenvalue weighted by atomic mass is 9.86. The summed E-state index contributed by atoms with van der Waals surface area (Å²) < 4.78 is 10.8. The summed E-state index contributed by atoms with van der Waals surface area (Å²) in [4.78, 5) is 13.7. The molecule has 1 aliphatic heterocycles. The quantitative estimate of drug-likeness (QED) is 0.795. The molecule has 0 aromatic rings. The number of aliphatic carboxylic acids is 1. The summed E-state index contributed by atoms with van der Waals surface area (Å²) in [7, 11) is 3.37. The van der Waals surface area contributed by atoms with Crippen LogP contribution in [0.1, 0.15) is 25.7 Å². The number of carboxylic acid groups (broad SMARTS) is 1. The number of carbonyl (C=O) groups is 1. The van der Waals surface area contributed by atoms with Gasteiger partial charge in [0.1, 0.15) is 0 Å². The minimum Gasteiger partial charge on any atom is -0.481 e. The van der Waals surface area contributed by atoms with E-state index in [0.29, 0.717) is 6.54 Å². The molecule has 1 saturated carbocycles. The van der Waals surface area contributed by atoms with Crippen LogP contribution in [0.2, 0.25) is 0 Å². The molecule has 1 aliphatic carbocycles. The molecular weight excluding hydrogens is 234 g/mol. The van der Waals surface area contributed by atoms with E-state index >= 15 is 0 Å². The van der Waals surface area contributed by atoms with Crippen molar-refractivity contribution in [3.8, 4) is 0 Å². The van der Waals surface area contributed by atoms with E-state index in [-0.39, 0.29) is 12.2 Å². The van der Waals surface area contributed by atoms with Crippen LogP contribution in [-0.2, 0) is 14.3 Å². The molecule has 0 amide bonds. The van der Waals surface area contributed by atoms with E-state index < -0.39 is 11.4 Å². The van der Waals surface area contributed by atoms with Crippen LogP contribution >= 0.6 is 0 Å². The van der Waals surface area contributed by atoms with E-state index in [2.05, 4.69) is 4.90 Å². The fraction of sp³-hybridized carbons (Fsp3) is 0.923. The molecule has 0 radical (unpaired) electrons. The van der Waals surface area contributed by atoms with E-state index in [1.54, 1.807) is 14.2 Å². The van der Waals surface area contributed by atoms with Crippen molar-refractivity contribution in [2.75, 3.05) is 33.9 Å². The Labute approximate surface area is 108 Å². The second kappa shape index (κ2) is 5.55. The Balaban J connectivity index is 1.99. The average Bonchev–Trinajstić information content (AvgIpc) is 2.96. The molecule has 2 atom stereocenters. The van der Waals surface area contributed by atoms with Crippen molar-refractivity contribution < 1.29 is 19.4 Å². The molecule has 0 aromatic carbocycles. The van der Waals surface area contributed by atoms with Gasteiger partial charge in [0.05, 0.1) is 17.6 Å². The molecule has 2 aliphatic rings. The van der Waals surface area contributed by atoms with Crippen molar-refractivity contribution in [2.24, 2.45) is 5.41 Å². The number of likely N-dealkylation sites (tertiary alicyclic amines) is 1. The largest absolute Gasteiger partial charge is 0.481 e. The van der Waals surface area contributed by atoms with Crippen LogP contribution in [0.4, 0.5) is 0 Å². The Morgan fingerprint density at radius 3 is 2.11 bits per heavy atom. The van der Waals surface area contributed by atoms with Crippen LogP contribution in [0.3, 0.4) is 0 Å². The topological polar surface area (TPSA) is 59.0 Å². The number of ether oxygens (including phenoxy) is 2. The highest BCUT2D eigenvalue weighted by atomic mass is 16.5. The molecule has 104 valence electrons. The van der Waals surface area contributed by atoms with Gasteiger partial charge in [-0.3, -0.25) is 9.69 Å². The van der Waals surface area contributed by atoms with E-state index in [1.165, 1.54) is 0 Å². The van der Waals surface area contributed by atoms with Crippen LogP contribution in [-0.4, -0.2) is 62.0 Å². The molecule has 0 spiro atoms. The summed E-state index contributed by atoms with van der Waals surface area (Å²) >= 11 is 0. The molecule has 1 saturated heterocycles. The zero-order valence-electron chi connectivity index (χ0n) is 11.2. The molecule has 2 fully saturated rings. The van der Waals surface area contributed by atoms with E-state index in [1.807, 2.05) is 0 Å². The maximum absolute atomic E-state index is 11.5. The van der Waals surface area contributed by atoms with E-state index in [9.17, 15) is 9.90 Å². The molecule has 0 aromatic heterocycles. The Morgan fingerprint density at radius 1 is 1.22 bits per heavy atom. The summed E-state index contributed by atoms with van der Waals surface area (Å²) in [5, 5.41) is 9.48. The lowest BCUT2D eigenvalue weighted by Gasteiger charge is -2.29. The zero-order valence-corrected chi connectivity index (χ0v) is 11.2. The van der Waals surface area contributed by atoms with Crippen molar-refractivity contribution in [2.45, 2.75) is 37.9 Å². The van der Waals surface area contributed by atoms with Crippen LogP contribution in [0.25, 0.3) is 0 Å². The highest BCUT2D eigenvalue weighted by molar-refractivity contribution is 5.75. The first-order valence-corrected chi connectivity index (χ1v) is 6.62. The number of rotatable bonds is 5. The Kier molecular flexibility index (Phi) is 4.25. The number of hydrogen-bond acceptors (Lipinski definition) is 4. The SMILES string of the molecule is COC1CN(CC2(C(=O)O)CCCC2)CC1OC. The average molecular weight is 257 g/mol. The molecule has 5 heteroatoms. The summed E-state index contributed by atoms with van der Waals surface area (Å²) in [6.45, 7) is 2.16. The third-order valence-electron chi connectivity index (χ3n) is 4.44. The number of methoxy groups -OCH3 is 2. The Morgan fingerprint density at radius 2 is 1.72 bits per heavy atom. The lowest BCUT2D eigenvalue weighted by molar-refractivity contribution is -0.149. The van der Waals surface area contributed by atoms with Gasteiger partial charge in [-0.15, -0.1) is 0 Å². The van der Waals surface area contributed by atoms with Gasteiger partial charge in [-0.1, -0.05) is 12.8 Å². The van der Waals surface area contributed by atoms with Crippen LogP contribution in [0, 0.1) is 5.41 Å². The summed E-state index contributed by atoms with van der Waals surface area (Å²) in [5.41, 5.74) is -0.541. The molecule has 18 heavy (non-hydrogen) atoms. The third-order valence-corrected chi connectivity index (χ3v) is 4.44. The zero-order chi connectivity index (χ0) is 13.2. The Hall–Kier alpha value is -0.650. The van der Waals surface area contributed by atoms with Gasteiger partial charge in [0.25, 0.3) is 0 Å². The first-order chi connectivity index (χ1) is 8.61. The standard InChI is InChI=1S/C13H23NO4/c1-17-10-7-14(8-11(10)18-2)9-13(12(15)16)5-3-4-6-13/h10-11H,3-9H2,1-2H3,(H,15,16). The minimum absolute atomic E-state index is 0.0576. The van der Waals surface area contributed by atoms with Crippen LogP contribution in [0.15, 0.2) is 0 Å². The van der Waals surface area contributed by atoms with Gasteiger partial charge in [0.15, 0.2) is 0 Å². The van der Waals surface area contributed by atoms with Crippen LogP contribution in [0.5, 0.6) is 0 Å². The monoisotopic (exact) mass is 257 g/mol. The van der Waals surface area contributed by atoms with Gasteiger partial charge in [-0.25, -0.2) is 0 Å². The molecule has 1 heterocycles. The predicted octanol–water partition coefficient (Wildman–Crippen LogP) is 0.977. The fourth-order valence-electron chi connectivity index (χ4n) is 3.32. The van der Waals surface area contributed by atoms with Crippen molar-refractivity contribution in [1.82, 2.24) is 4.90 Å². The number of hydrogen-bond donors (Lipinski definition) is 1. The summed E-state index contributed by atoms with van der Waals surface area (Å²) in [6.07, 6.45) is 3.77. The summed E-state index contributed by atoms with van der Waals surface area (Å²) in [5.74, 6) is -0.644. The normalized spacial score (nSPS) is 31.9. The van der Waals surface area contributed by atoms with Gasteiger partial charge >= 0.3 is 5.97 Å². The molecule has 0 bridgehead atoms. The van der Waals surface area contributed by atoms with E-state index in [0.717, 1.165) is 38.8 Å². The van der Waals surface area contributed by atoms with Gasteiger partial charge in [-0.2, -0.15) is 0 Å². The highest BCUT2D eigenvalue weighted by Crippen LogP contribution is 2.39. The molecule has 1 N–H and O–H groups in total. The van der Waals surface area contributed by atoms with Gasteiger partial charge in [-0.05, 0) is 12.8 Å². The van der Waals surface area contributed by atoms with E-state index in [4.69, 9.17) is 9.47 Å². The number of carboxylic acids is 1. The smallest absolute Gasteiger partial charge is 0.310 e. The fourth-order valence-corrected chi connectivity index (χ4v) is 3.32. The van der Waals surface area contributed by atoms with Crippen molar-refractivity contribution in [3.05, 3.63) is 0 Å². The summed E-state index contributed by atoms with van der Waals surface area (Å²) in [6, 6.07) is 0. The van der Waals surface area contributed by atoms with Crippen molar-refractivity contribution >= 4 is 5.97 Å². The van der Waals surface area contributed by atoms with Crippen LogP contribution < -0.4 is 0 Å². The van der Waals surface area contributed by atoms with Gasteiger partial charge in [0.2, 0.25) is 0 Å². The Bertz CT molecular complexity index is 289. The second-order valence-electron chi connectivity index (χ2n) is 5.53. The minimum atomic E-state index is -0.644. The maximum atomic E-state index is 11.5. The number of nitrogens with zero attached hydrogens (tertiary/aromatic N) is 1. The lowest BCUT2D eigenvalue weighted by Crippen LogP contribution is -2.41. The second-order valence-corrected chi connectivity index (χ2v) is 5.53. The predicted molar refractivity (Wildman–Crippen MR) is 66.6 cm³/mol. The third kappa shape index (κ3) is 2.53. The molecule has 5 nitrogen and oxygen atoms in total. The van der Waals surface area contributed by atoms with Gasteiger partial charge in [0, 0.05) is 33.9 Å². The van der Waals surface area contributed by atoms with Crippen molar-refractivity contribution in [1.29, 1.82) is 0 Å². The molecule has 2 unspecified atom stereocenters. The highest BCUT2D eigenvalue weighted by Gasteiger charge is 2.45. The first-order valence-electron chi connectivity index (χ1n) is 6.62. The first kappa shape index (κ1) is 13.8. The molecule has 2 rings (SSSR count). The van der Waals surface area contributed by atoms with Crippen molar-refractivity contribution in [3.63, 3.8) is 0 Å². The van der Waals surface area contributed by atoms with Gasteiger partial charge < -0.3 is 14.6 Å².